The molecular formula is C28H25ClN4O3S. The standard InChI is InChI=1S/C28H25ClN4O3S/c1-28(2,3)36-27(35)30-13-12-20-9-6-18-14-21(10-11-22(18)32-20)33-16-31-23-15-24(37-25(23)26(33)34)17-4-7-19(29)8-5-17/h4-11,14-16H,12-13H2,1-3H3,(H,30,35). The molecule has 5 aromatic rings. The number of hydrogen-bond donors (Lipinski definition) is 1. The van der Waals surface area contributed by atoms with Crippen LogP contribution in [0.5, 0.6) is 0 Å². The molecule has 7 nitrogen and oxygen atoms in total. The molecule has 0 aliphatic rings. The van der Waals surface area contributed by atoms with Crippen LogP contribution in [0.1, 0.15) is 26.5 Å². The Balaban J connectivity index is 1.36. The van der Waals surface area contributed by atoms with Gasteiger partial charge in [0.25, 0.3) is 5.56 Å². The number of nitrogens with zero attached hydrogens (tertiary/aromatic N) is 3. The number of nitrogens with one attached hydrogen (secondary N) is 1. The van der Waals surface area contributed by atoms with Crippen molar-refractivity contribution in [1.82, 2.24) is 19.9 Å². The third kappa shape index (κ3) is 5.65. The van der Waals surface area contributed by atoms with Crippen molar-refractivity contribution in [3.05, 3.63) is 88.1 Å². The second kappa shape index (κ2) is 9.95. The zero-order chi connectivity index (χ0) is 26.2. The highest BCUT2D eigenvalue weighted by Crippen LogP contribution is 2.31. The molecule has 1 amide bonds. The molecule has 37 heavy (non-hydrogen) atoms. The van der Waals surface area contributed by atoms with Gasteiger partial charge in [0, 0.05) is 33.9 Å². The van der Waals surface area contributed by atoms with E-state index in [-0.39, 0.29) is 5.56 Å². The number of carbonyl (C=O) groups excluding carboxylic acids is 1. The topological polar surface area (TPSA) is 86.1 Å². The monoisotopic (exact) mass is 532 g/mol. The molecule has 9 heteroatoms. The number of rotatable bonds is 5. The second-order valence-corrected chi connectivity index (χ2v) is 11.1. The van der Waals surface area contributed by atoms with Gasteiger partial charge in [-0.2, -0.15) is 0 Å². The van der Waals surface area contributed by atoms with Gasteiger partial charge in [0.2, 0.25) is 0 Å². The third-order valence-corrected chi connectivity index (χ3v) is 7.04. The van der Waals surface area contributed by atoms with Crippen LogP contribution in [0.15, 0.2) is 71.8 Å². The molecule has 0 saturated carbocycles. The summed E-state index contributed by atoms with van der Waals surface area (Å²) in [6, 6.07) is 19.0. The molecule has 0 spiro atoms. The summed E-state index contributed by atoms with van der Waals surface area (Å²) < 4.78 is 7.41. The van der Waals surface area contributed by atoms with E-state index < -0.39 is 11.7 Å². The lowest BCUT2D eigenvalue weighted by molar-refractivity contribution is 0.0528. The van der Waals surface area contributed by atoms with Crippen molar-refractivity contribution in [3.8, 4) is 16.1 Å². The van der Waals surface area contributed by atoms with Crippen LogP contribution < -0.4 is 10.9 Å². The van der Waals surface area contributed by atoms with Crippen LogP contribution in [0.4, 0.5) is 4.79 Å². The minimum atomic E-state index is -0.534. The van der Waals surface area contributed by atoms with Gasteiger partial charge < -0.3 is 10.1 Å². The molecule has 0 aliphatic heterocycles. The number of halogens is 1. The molecule has 3 heterocycles. The van der Waals surface area contributed by atoms with Crippen molar-refractivity contribution in [2.24, 2.45) is 0 Å². The highest BCUT2D eigenvalue weighted by molar-refractivity contribution is 7.22. The first-order valence-corrected chi connectivity index (χ1v) is 13.0. The number of hydrogen-bond acceptors (Lipinski definition) is 6. The molecule has 0 unspecified atom stereocenters. The average molecular weight is 533 g/mol. The highest BCUT2D eigenvalue weighted by Gasteiger charge is 2.16. The number of ether oxygens (including phenoxy) is 1. The van der Waals surface area contributed by atoms with Crippen LogP contribution >= 0.6 is 22.9 Å². The minimum absolute atomic E-state index is 0.118. The summed E-state index contributed by atoms with van der Waals surface area (Å²) in [5.74, 6) is 0. The predicted octanol–water partition coefficient (Wildman–Crippen LogP) is 6.38. The molecule has 188 valence electrons. The summed E-state index contributed by atoms with van der Waals surface area (Å²) >= 11 is 7.43. The molecule has 0 aliphatic carbocycles. The van der Waals surface area contributed by atoms with Crippen molar-refractivity contribution in [2.75, 3.05) is 6.54 Å². The van der Waals surface area contributed by atoms with Gasteiger partial charge in [-0.3, -0.25) is 14.3 Å². The number of pyridine rings is 1. The predicted molar refractivity (Wildman–Crippen MR) is 149 cm³/mol. The molecule has 0 radical (unpaired) electrons. The largest absolute Gasteiger partial charge is 0.444 e. The lowest BCUT2D eigenvalue weighted by Crippen LogP contribution is -2.33. The average Bonchev–Trinajstić information content (AvgIpc) is 3.29. The number of fused-ring (bicyclic) bond motifs is 2. The normalized spacial score (nSPS) is 11.7. The zero-order valence-corrected chi connectivity index (χ0v) is 22.2. The Labute approximate surface area is 222 Å². The van der Waals surface area contributed by atoms with E-state index in [9.17, 15) is 9.59 Å². The number of aromatic nitrogens is 3. The van der Waals surface area contributed by atoms with E-state index in [1.54, 1.807) is 10.9 Å². The van der Waals surface area contributed by atoms with Crippen molar-refractivity contribution >= 4 is 50.2 Å². The third-order valence-electron chi connectivity index (χ3n) is 5.62. The summed E-state index contributed by atoms with van der Waals surface area (Å²) in [4.78, 5) is 35.4. The first-order chi connectivity index (χ1) is 17.7. The number of alkyl carbamates (subject to hydrolysis) is 1. The summed E-state index contributed by atoms with van der Waals surface area (Å²) in [5, 5.41) is 4.32. The fourth-order valence-electron chi connectivity index (χ4n) is 3.90. The highest BCUT2D eigenvalue weighted by atomic mass is 35.5. The fourth-order valence-corrected chi connectivity index (χ4v) is 5.08. The Hall–Kier alpha value is -3.75. The van der Waals surface area contributed by atoms with Crippen molar-refractivity contribution in [2.45, 2.75) is 32.8 Å². The van der Waals surface area contributed by atoms with Gasteiger partial charge >= 0.3 is 6.09 Å². The van der Waals surface area contributed by atoms with Crippen LogP contribution in [-0.4, -0.2) is 32.8 Å². The zero-order valence-electron chi connectivity index (χ0n) is 20.6. The molecule has 2 aromatic carbocycles. The lowest BCUT2D eigenvalue weighted by atomic mass is 10.1. The van der Waals surface area contributed by atoms with Gasteiger partial charge in [0.05, 0.1) is 16.7 Å². The van der Waals surface area contributed by atoms with Gasteiger partial charge in [0.1, 0.15) is 16.6 Å². The Bertz CT molecular complexity index is 1670. The fraction of sp³-hybridized carbons (Fsp3) is 0.214. The minimum Gasteiger partial charge on any atom is -0.444 e. The Morgan fingerprint density at radius 2 is 1.84 bits per heavy atom. The van der Waals surface area contributed by atoms with E-state index in [4.69, 9.17) is 21.3 Å². The Kier molecular flexibility index (Phi) is 6.70. The van der Waals surface area contributed by atoms with Crippen LogP contribution in [-0.2, 0) is 11.2 Å². The summed E-state index contributed by atoms with van der Waals surface area (Å²) in [5.41, 5.74) is 3.39. The first kappa shape index (κ1) is 24.9. The van der Waals surface area contributed by atoms with Gasteiger partial charge in [-0.05, 0) is 68.8 Å². The lowest BCUT2D eigenvalue weighted by Gasteiger charge is -2.19. The smallest absolute Gasteiger partial charge is 0.407 e. The summed E-state index contributed by atoms with van der Waals surface area (Å²) in [6.45, 7) is 5.90. The number of amides is 1. The van der Waals surface area contributed by atoms with E-state index in [1.807, 2.05) is 81.4 Å². The van der Waals surface area contributed by atoms with E-state index in [1.165, 1.54) is 11.3 Å². The van der Waals surface area contributed by atoms with Crippen molar-refractivity contribution < 1.29 is 9.53 Å². The molecule has 1 N–H and O–H groups in total. The maximum Gasteiger partial charge on any atom is 0.407 e. The summed E-state index contributed by atoms with van der Waals surface area (Å²) in [7, 11) is 0. The van der Waals surface area contributed by atoms with Crippen LogP contribution in [0.25, 0.3) is 37.2 Å². The number of carbonyl (C=O) groups is 1. The van der Waals surface area contributed by atoms with Crippen molar-refractivity contribution in [3.63, 3.8) is 0 Å². The Morgan fingerprint density at radius 3 is 2.59 bits per heavy atom. The maximum atomic E-state index is 13.3. The molecular weight excluding hydrogens is 508 g/mol. The van der Waals surface area contributed by atoms with Gasteiger partial charge in [-0.25, -0.2) is 9.78 Å². The van der Waals surface area contributed by atoms with Crippen molar-refractivity contribution in [1.29, 1.82) is 0 Å². The SMILES string of the molecule is CC(C)(C)OC(=O)NCCc1ccc2cc(-n3cnc4cc(-c5ccc(Cl)cc5)sc4c3=O)ccc2n1. The van der Waals surface area contributed by atoms with Gasteiger partial charge in [0.15, 0.2) is 0 Å². The van der Waals surface area contributed by atoms with Crippen LogP contribution in [0, 0.1) is 0 Å². The van der Waals surface area contributed by atoms with E-state index in [0.717, 1.165) is 32.7 Å². The Morgan fingerprint density at radius 1 is 1.05 bits per heavy atom. The molecule has 3 aromatic heterocycles. The van der Waals surface area contributed by atoms with Gasteiger partial charge in [-0.15, -0.1) is 11.3 Å². The maximum absolute atomic E-state index is 13.3. The quantitative estimate of drug-likeness (QED) is 0.284. The van der Waals surface area contributed by atoms with Crippen LogP contribution in [0.2, 0.25) is 5.02 Å². The molecule has 0 saturated heterocycles. The molecule has 0 bridgehead atoms. The van der Waals surface area contributed by atoms with E-state index in [2.05, 4.69) is 10.3 Å². The van der Waals surface area contributed by atoms with E-state index in [0.29, 0.717) is 28.2 Å². The van der Waals surface area contributed by atoms with Gasteiger partial charge in [-0.1, -0.05) is 29.8 Å². The second-order valence-electron chi connectivity index (χ2n) is 9.61. The first-order valence-electron chi connectivity index (χ1n) is 11.8. The number of benzene rings is 2. The molecule has 0 fully saturated rings. The summed E-state index contributed by atoms with van der Waals surface area (Å²) in [6.07, 6.45) is 1.69. The van der Waals surface area contributed by atoms with Crippen LogP contribution in [0.3, 0.4) is 0 Å². The van der Waals surface area contributed by atoms with E-state index >= 15 is 0 Å². The molecule has 0 atom stereocenters. The molecule has 5 rings (SSSR count). The number of thiophene rings is 1.